The average molecular weight is 359 g/mol. The van der Waals surface area contributed by atoms with Crippen molar-refractivity contribution in [3.63, 3.8) is 0 Å². The van der Waals surface area contributed by atoms with Gasteiger partial charge in [-0.3, -0.25) is 0 Å². The third kappa shape index (κ3) is 7.12. The summed E-state index contributed by atoms with van der Waals surface area (Å²) in [5, 5.41) is 13.1. The summed E-state index contributed by atoms with van der Waals surface area (Å²) in [4.78, 5) is 14.0. The molecular weight excluding hydrogens is 320 g/mol. The molecule has 1 aliphatic rings. The zero-order valence-corrected chi connectivity index (χ0v) is 17.0. The number of hydrogen-bond acceptors (Lipinski definition) is 5. The Morgan fingerprint density at radius 2 is 1.84 bits per heavy atom. The smallest absolute Gasteiger partial charge is 0.410 e. The van der Waals surface area contributed by atoms with E-state index >= 15 is 0 Å². The number of carbonyl (C=O) groups is 1. The van der Waals surface area contributed by atoms with Crippen molar-refractivity contribution < 1.29 is 19.4 Å². The topological polar surface area (TPSA) is 71.0 Å². The lowest BCUT2D eigenvalue weighted by molar-refractivity contribution is -0.00763. The van der Waals surface area contributed by atoms with Gasteiger partial charge in [-0.15, -0.1) is 0 Å². The molecule has 0 aromatic heterocycles. The van der Waals surface area contributed by atoms with Gasteiger partial charge in [0.15, 0.2) is 0 Å². The first-order valence-electron chi connectivity index (χ1n) is 9.37. The van der Waals surface area contributed by atoms with Crippen LogP contribution in [-0.4, -0.2) is 68.2 Å². The SMILES string of the molecule is CCC(C)(CO)CNCC1(COC)CCN(C(=O)OC(C)(C)C)CC1. The highest BCUT2D eigenvalue weighted by Gasteiger charge is 2.37. The second-order valence-electron chi connectivity index (χ2n) is 8.83. The number of rotatable bonds is 8. The monoisotopic (exact) mass is 358 g/mol. The predicted octanol–water partition coefficient (Wildman–Crippen LogP) is 2.65. The van der Waals surface area contributed by atoms with Crippen molar-refractivity contribution in [3.05, 3.63) is 0 Å². The van der Waals surface area contributed by atoms with Gasteiger partial charge >= 0.3 is 6.09 Å². The van der Waals surface area contributed by atoms with E-state index in [-0.39, 0.29) is 23.5 Å². The molecule has 1 saturated heterocycles. The fourth-order valence-electron chi connectivity index (χ4n) is 3.09. The van der Waals surface area contributed by atoms with E-state index in [1.807, 2.05) is 20.8 Å². The van der Waals surface area contributed by atoms with Gasteiger partial charge in [0.25, 0.3) is 0 Å². The fourth-order valence-corrected chi connectivity index (χ4v) is 3.09. The molecule has 6 heteroatoms. The molecule has 0 radical (unpaired) electrons. The summed E-state index contributed by atoms with van der Waals surface area (Å²) in [7, 11) is 1.73. The number of piperidine rings is 1. The number of hydrogen-bond donors (Lipinski definition) is 2. The Balaban J connectivity index is 2.57. The lowest BCUT2D eigenvalue weighted by Gasteiger charge is -2.42. The molecule has 0 aromatic carbocycles. The van der Waals surface area contributed by atoms with Gasteiger partial charge < -0.3 is 24.8 Å². The zero-order valence-electron chi connectivity index (χ0n) is 17.0. The number of carbonyl (C=O) groups excluding carboxylic acids is 1. The van der Waals surface area contributed by atoms with Gasteiger partial charge in [-0.25, -0.2) is 4.79 Å². The second kappa shape index (κ2) is 9.19. The van der Waals surface area contributed by atoms with Crippen LogP contribution < -0.4 is 5.32 Å². The van der Waals surface area contributed by atoms with E-state index in [4.69, 9.17) is 9.47 Å². The normalized spacial score (nSPS) is 20.2. The van der Waals surface area contributed by atoms with Gasteiger partial charge in [0.2, 0.25) is 0 Å². The van der Waals surface area contributed by atoms with E-state index in [1.54, 1.807) is 12.0 Å². The highest BCUT2D eigenvalue weighted by atomic mass is 16.6. The molecule has 1 unspecified atom stereocenters. The summed E-state index contributed by atoms with van der Waals surface area (Å²) in [6.45, 7) is 13.7. The third-order valence-electron chi connectivity index (χ3n) is 5.21. The van der Waals surface area contributed by atoms with E-state index in [0.29, 0.717) is 19.7 Å². The number of aliphatic hydroxyl groups is 1. The Morgan fingerprint density at radius 3 is 2.28 bits per heavy atom. The van der Waals surface area contributed by atoms with Crippen molar-refractivity contribution in [1.82, 2.24) is 10.2 Å². The van der Waals surface area contributed by atoms with Crippen molar-refractivity contribution in [2.75, 3.05) is 46.5 Å². The van der Waals surface area contributed by atoms with Crippen molar-refractivity contribution in [3.8, 4) is 0 Å². The third-order valence-corrected chi connectivity index (χ3v) is 5.21. The van der Waals surface area contributed by atoms with E-state index in [9.17, 15) is 9.90 Å². The number of amides is 1. The molecule has 1 atom stereocenters. The Bertz CT molecular complexity index is 408. The second-order valence-corrected chi connectivity index (χ2v) is 8.83. The van der Waals surface area contributed by atoms with Crippen LogP contribution in [0.5, 0.6) is 0 Å². The molecule has 2 N–H and O–H groups in total. The molecular formula is C19H38N2O4. The first-order chi connectivity index (χ1) is 11.6. The summed E-state index contributed by atoms with van der Waals surface area (Å²) in [6, 6.07) is 0. The largest absolute Gasteiger partial charge is 0.444 e. The zero-order chi connectivity index (χ0) is 19.1. The van der Waals surface area contributed by atoms with Crippen LogP contribution in [0, 0.1) is 10.8 Å². The summed E-state index contributed by atoms with van der Waals surface area (Å²) >= 11 is 0. The first kappa shape index (κ1) is 22.2. The van der Waals surface area contributed by atoms with E-state index in [1.165, 1.54) is 0 Å². The Hall–Kier alpha value is -0.850. The fraction of sp³-hybridized carbons (Fsp3) is 0.947. The molecule has 1 rings (SSSR count). The van der Waals surface area contributed by atoms with Crippen LogP contribution in [0.4, 0.5) is 4.79 Å². The summed E-state index contributed by atoms with van der Waals surface area (Å²) in [5.41, 5.74) is -0.530. The molecule has 0 spiro atoms. The Labute approximate surface area is 153 Å². The minimum atomic E-state index is -0.464. The lowest BCUT2D eigenvalue weighted by Crippen LogP contribution is -2.51. The van der Waals surface area contributed by atoms with Crippen LogP contribution in [-0.2, 0) is 9.47 Å². The van der Waals surface area contributed by atoms with Gasteiger partial charge in [0.05, 0.1) is 6.61 Å². The van der Waals surface area contributed by atoms with Crippen LogP contribution in [0.25, 0.3) is 0 Å². The van der Waals surface area contributed by atoms with Gasteiger partial charge in [-0.05, 0) is 40.0 Å². The molecule has 1 aliphatic heterocycles. The average Bonchev–Trinajstić information content (AvgIpc) is 2.54. The van der Waals surface area contributed by atoms with E-state index < -0.39 is 5.60 Å². The maximum absolute atomic E-state index is 12.2. The molecule has 148 valence electrons. The molecule has 0 aromatic rings. The number of ether oxygens (including phenoxy) is 2. The predicted molar refractivity (Wildman–Crippen MR) is 99.7 cm³/mol. The standard InChI is InChI=1S/C19H38N2O4/c1-7-18(5,14-22)12-20-13-19(15-24-6)8-10-21(11-9-19)16(23)25-17(2,3)4/h20,22H,7-15H2,1-6H3. The van der Waals surface area contributed by atoms with E-state index in [2.05, 4.69) is 19.2 Å². The summed E-state index contributed by atoms with van der Waals surface area (Å²) < 4.78 is 10.9. The number of aliphatic hydroxyl groups excluding tert-OH is 1. The van der Waals surface area contributed by atoms with Crippen LogP contribution in [0.3, 0.4) is 0 Å². The highest BCUT2D eigenvalue weighted by molar-refractivity contribution is 5.68. The number of likely N-dealkylation sites (tertiary alicyclic amines) is 1. The van der Waals surface area contributed by atoms with E-state index in [0.717, 1.165) is 32.4 Å². The quantitative estimate of drug-likeness (QED) is 0.698. The molecule has 1 amide bonds. The van der Waals surface area contributed by atoms with Crippen molar-refractivity contribution >= 4 is 6.09 Å². The minimum Gasteiger partial charge on any atom is -0.444 e. The minimum absolute atomic E-state index is 0.0252. The number of methoxy groups -OCH3 is 1. The first-order valence-corrected chi connectivity index (χ1v) is 9.37. The Kier molecular flexibility index (Phi) is 8.16. The molecule has 0 aliphatic carbocycles. The van der Waals surface area contributed by atoms with Gasteiger partial charge in [0.1, 0.15) is 5.60 Å². The molecule has 6 nitrogen and oxygen atoms in total. The number of nitrogens with zero attached hydrogens (tertiary/aromatic N) is 1. The molecule has 0 bridgehead atoms. The summed E-state index contributed by atoms with van der Waals surface area (Å²) in [5.74, 6) is 0. The molecule has 1 heterocycles. The van der Waals surface area contributed by atoms with Crippen molar-refractivity contribution in [1.29, 1.82) is 0 Å². The number of nitrogens with one attached hydrogen (secondary N) is 1. The van der Waals surface area contributed by atoms with Gasteiger partial charge in [0, 0.05) is 50.7 Å². The lowest BCUT2D eigenvalue weighted by atomic mass is 9.78. The van der Waals surface area contributed by atoms with Crippen LogP contribution in [0.1, 0.15) is 53.9 Å². The molecule has 25 heavy (non-hydrogen) atoms. The summed E-state index contributed by atoms with van der Waals surface area (Å²) in [6.07, 6.45) is 2.47. The maximum atomic E-state index is 12.2. The van der Waals surface area contributed by atoms with Crippen LogP contribution in [0.15, 0.2) is 0 Å². The van der Waals surface area contributed by atoms with Crippen LogP contribution in [0.2, 0.25) is 0 Å². The van der Waals surface area contributed by atoms with Gasteiger partial charge in [-0.2, -0.15) is 0 Å². The van der Waals surface area contributed by atoms with Crippen LogP contribution >= 0.6 is 0 Å². The van der Waals surface area contributed by atoms with Gasteiger partial charge in [-0.1, -0.05) is 13.8 Å². The molecule has 1 fully saturated rings. The van der Waals surface area contributed by atoms with Crippen molar-refractivity contribution in [2.24, 2.45) is 10.8 Å². The van der Waals surface area contributed by atoms with Crippen molar-refractivity contribution in [2.45, 2.75) is 59.5 Å². The Morgan fingerprint density at radius 1 is 1.24 bits per heavy atom. The highest BCUT2D eigenvalue weighted by Crippen LogP contribution is 2.32. The maximum Gasteiger partial charge on any atom is 0.410 e. The molecule has 0 saturated carbocycles.